The molecule has 5 heteroatoms. The first kappa shape index (κ1) is 21.6. The topological polar surface area (TPSA) is 66.4 Å². The third kappa shape index (κ3) is 4.78. The number of benzene rings is 2. The summed E-state index contributed by atoms with van der Waals surface area (Å²) < 4.78 is 28.8. The molecule has 0 aliphatic heterocycles. The Morgan fingerprint density at radius 1 is 0.852 bits per heavy atom. The minimum atomic E-state index is -3.59. The Morgan fingerprint density at radius 3 is 1.89 bits per heavy atom. The van der Waals surface area contributed by atoms with Gasteiger partial charge in [0.2, 0.25) is 10.0 Å². The van der Waals surface area contributed by atoms with Crippen LogP contribution in [0.25, 0.3) is 0 Å². The average molecular weight is 390 g/mol. The molecule has 0 aliphatic carbocycles. The fourth-order valence-electron chi connectivity index (χ4n) is 3.67. The second kappa shape index (κ2) is 9.00. The quantitative estimate of drug-likeness (QED) is 0.715. The Labute approximate surface area is 163 Å². The Morgan fingerprint density at radius 2 is 1.37 bits per heavy atom. The molecule has 1 atom stereocenters. The van der Waals surface area contributed by atoms with E-state index in [4.69, 9.17) is 0 Å². The Kier molecular flexibility index (Phi) is 7.20. The van der Waals surface area contributed by atoms with E-state index in [1.54, 1.807) is 0 Å². The van der Waals surface area contributed by atoms with Crippen LogP contribution < -0.4 is 4.72 Å². The number of hydrogen-bond acceptors (Lipinski definition) is 3. The Bertz CT molecular complexity index is 861. The van der Waals surface area contributed by atoms with Crippen LogP contribution in [-0.2, 0) is 10.0 Å². The lowest BCUT2D eigenvalue weighted by molar-refractivity contribution is 0.273. The first-order valence-electron chi connectivity index (χ1n) is 9.43. The number of aliphatic hydroxyl groups is 1. The lowest BCUT2D eigenvalue weighted by atomic mass is 9.93. The van der Waals surface area contributed by atoms with E-state index in [0.717, 1.165) is 33.4 Å². The molecular weight excluding hydrogens is 358 g/mol. The highest BCUT2D eigenvalue weighted by atomic mass is 32.2. The molecule has 2 N–H and O–H groups in total. The van der Waals surface area contributed by atoms with Gasteiger partial charge in [0, 0.05) is 13.2 Å². The average Bonchev–Trinajstić information content (AvgIpc) is 2.64. The van der Waals surface area contributed by atoms with Crippen LogP contribution in [0.3, 0.4) is 0 Å². The van der Waals surface area contributed by atoms with Crippen LogP contribution in [0.2, 0.25) is 0 Å². The molecule has 0 aromatic heterocycles. The predicted octanol–water partition coefficient (Wildman–Crippen LogP) is 4.06. The first-order chi connectivity index (χ1) is 12.7. The van der Waals surface area contributed by atoms with Gasteiger partial charge >= 0.3 is 0 Å². The van der Waals surface area contributed by atoms with Crippen LogP contribution in [0.1, 0.15) is 52.1 Å². The summed E-state index contributed by atoms with van der Waals surface area (Å²) in [6.45, 7) is 10.2. The maximum Gasteiger partial charge on any atom is 0.241 e. The molecule has 0 radical (unpaired) electrons. The highest BCUT2D eigenvalue weighted by Crippen LogP contribution is 2.29. The van der Waals surface area contributed by atoms with Crippen molar-refractivity contribution in [3.8, 4) is 0 Å². The molecule has 4 nitrogen and oxygen atoms in total. The number of hydrogen-bond donors (Lipinski definition) is 2. The van der Waals surface area contributed by atoms with E-state index in [1.165, 1.54) is 0 Å². The van der Waals surface area contributed by atoms with Crippen molar-refractivity contribution in [1.29, 1.82) is 0 Å². The smallest absolute Gasteiger partial charge is 0.241 e. The van der Waals surface area contributed by atoms with Crippen molar-refractivity contribution in [3.63, 3.8) is 0 Å². The standard InChI is InChI=1S/C22H31NO3S/c1-15-16(2)18(4)22(19(5)17(15)3)27(25,26)23-13-11-21(12-14-24)20-9-7-6-8-10-20/h6-10,21,23-24H,11-14H2,1-5H3. The van der Waals surface area contributed by atoms with Crippen molar-refractivity contribution < 1.29 is 13.5 Å². The number of nitrogens with one attached hydrogen (secondary N) is 1. The van der Waals surface area contributed by atoms with Gasteiger partial charge < -0.3 is 5.11 Å². The molecule has 27 heavy (non-hydrogen) atoms. The molecular formula is C22H31NO3S. The van der Waals surface area contributed by atoms with Gasteiger partial charge in [-0.15, -0.1) is 0 Å². The molecule has 2 aromatic carbocycles. The van der Waals surface area contributed by atoms with Gasteiger partial charge in [-0.25, -0.2) is 13.1 Å². The molecule has 148 valence electrons. The van der Waals surface area contributed by atoms with Gasteiger partial charge in [-0.3, -0.25) is 0 Å². The van der Waals surface area contributed by atoms with Crippen LogP contribution in [0.5, 0.6) is 0 Å². The molecule has 0 saturated carbocycles. The fraction of sp³-hybridized carbons (Fsp3) is 0.455. The molecule has 2 rings (SSSR count). The maximum absolute atomic E-state index is 13.0. The van der Waals surface area contributed by atoms with E-state index in [0.29, 0.717) is 24.3 Å². The van der Waals surface area contributed by atoms with Crippen LogP contribution in [0.15, 0.2) is 35.2 Å². The maximum atomic E-state index is 13.0. The van der Waals surface area contributed by atoms with Crippen LogP contribution in [-0.4, -0.2) is 26.7 Å². The zero-order chi connectivity index (χ0) is 20.2. The summed E-state index contributed by atoms with van der Waals surface area (Å²) in [4.78, 5) is 0.404. The summed E-state index contributed by atoms with van der Waals surface area (Å²) in [6.07, 6.45) is 1.26. The van der Waals surface area contributed by atoms with Gasteiger partial charge in [-0.1, -0.05) is 30.3 Å². The summed E-state index contributed by atoms with van der Waals surface area (Å²) in [5.41, 5.74) is 5.97. The van der Waals surface area contributed by atoms with E-state index < -0.39 is 10.0 Å². The number of rotatable bonds is 8. The van der Waals surface area contributed by atoms with E-state index in [9.17, 15) is 13.5 Å². The van der Waals surface area contributed by atoms with E-state index >= 15 is 0 Å². The summed E-state index contributed by atoms with van der Waals surface area (Å²) in [7, 11) is -3.59. The van der Waals surface area contributed by atoms with Gasteiger partial charge in [-0.2, -0.15) is 0 Å². The molecule has 0 amide bonds. The highest BCUT2D eigenvalue weighted by molar-refractivity contribution is 7.89. The van der Waals surface area contributed by atoms with Crippen molar-refractivity contribution in [2.24, 2.45) is 0 Å². The molecule has 0 spiro atoms. The monoisotopic (exact) mass is 389 g/mol. The van der Waals surface area contributed by atoms with Gasteiger partial charge in [0.25, 0.3) is 0 Å². The van der Waals surface area contributed by atoms with Gasteiger partial charge in [0.1, 0.15) is 0 Å². The lowest BCUT2D eigenvalue weighted by Gasteiger charge is -2.20. The van der Waals surface area contributed by atoms with Gasteiger partial charge in [0.05, 0.1) is 4.90 Å². The predicted molar refractivity (Wildman–Crippen MR) is 111 cm³/mol. The van der Waals surface area contributed by atoms with Crippen LogP contribution in [0, 0.1) is 34.6 Å². The first-order valence-corrected chi connectivity index (χ1v) is 10.9. The summed E-state index contributed by atoms with van der Waals surface area (Å²) in [5, 5.41) is 9.36. The zero-order valence-electron chi connectivity index (χ0n) is 17.0. The molecule has 2 aromatic rings. The normalized spacial score (nSPS) is 13.0. The molecule has 0 bridgehead atoms. The second-order valence-electron chi connectivity index (χ2n) is 7.26. The number of sulfonamides is 1. The molecule has 1 unspecified atom stereocenters. The second-order valence-corrected chi connectivity index (χ2v) is 8.96. The third-order valence-electron chi connectivity index (χ3n) is 5.73. The minimum Gasteiger partial charge on any atom is -0.396 e. The SMILES string of the molecule is Cc1c(C)c(C)c(S(=O)(=O)NCCC(CCO)c2ccccc2)c(C)c1C. The largest absolute Gasteiger partial charge is 0.396 e. The molecule has 0 fully saturated rings. The van der Waals surface area contributed by atoms with Crippen molar-refractivity contribution in [2.45, 2.75) is 58.3 Å². The van der Waals surface area contributed by atoms with Crippen LogP contribution >= 0.6 is 0 Å². The van der Waals surface area contributed by atoms with Crippen molar-refractivity contribution >= 4 is 10.0 Å². The highest BCUT2D eigenvalue weighted by Gasteiger charge is 2.23. The molecule has 0 aliphatic rings. The molecule has 0 saturated heterocycles. The van der Waals surface area contributed by atoms with E-state index in [1.807, 2.05) is 65.0 Å². The van der Waals surface area contributed by atoms with Crippen molar-refractivity contribution in [1.82, 2.24) is 4.72 Å². The third-order valence-corrected chi connectivity index (χ3v) is 7.47. The molecule has 0 heterocycles. The van der Waals surface area contributed by atoms with Gasteiger partial charge in [-0.05, 0) is 86.8 Å². The summed E-state index contributed by atoms with van der Waals surface area (Å²) >= 11 is 0. The number of aliphatic hydroxyl groups excluding tert-OH is 1. The minimum absolute atomic E-state index is 0.0842. The van der Waals surface area contributed by atoms with Crippen molar-refractivity contribution in [3.05, 3.63) is 63.7 Å². The van der Waals surface area contributed by atoms with E-state index in [-0.39, 0.29) is 12.5 Å². The Hall–Kier alpha value is -1.69. The summed E-state index contributed by atoms with van der Waals surface area (Å²) in [6, 6.07) is 9.93. The van der Waals surface area contributed by atoms with Gasteiger partial charge in [0.15, 0.2) is 0 Å². The van der Waals surface area contributed by atoms with Crippen LogP contribution in [0.4, 0.5) is 0 Å². The zero-order valence-corrected chi connectivity index (χ0v) is 17.8. The Balaban J connectivity index is 2.20. The lowest BCUT2D eigenvalue weighted by Crippen LogP contribution is -2.28. The van der Waals surface area contributed by atoms with E-state index in [2.05, 4.69) is 4.72 Å². The van der Waals surface area contributed by atoms with Crippen molar-refractivity contribution in [2.75, 3.05) is 13.2 Å². The summed E-state index contributed by atoms with van der Waals surface area (Å²) in [5.74, 6) is 0.127. The fourth-order valence-corrected chi connectivity index (χ4v) is 5.31.